The maximum atomic E-state index is 12.8. The van der Waals surface area contributed by atoms with Gasteiger partial charge < -0.3 is 20.1 Å². The fourth-order valence-electron chi connectivity index (χ4n) is 2.49. The minimum atomic E-state index is -2.99. The molecule has 0 spiro atoms. The number of benzene rings is 2. The maximum absolute atomic E-state index is 12.8. The van der Waals surface area contributed by atoms with Gasteiger partial charge in [0.2, 0.25) is 0 Å². The number of carbonyl (C=O) groups excluding carboxylic acids is 1. The molecule has 2 rings (SSSR count). The molecule has 142 valence electrons. The highest BCUT2D eigenvalue weighted by atomic mass is 16.8. The van der Waals surface area contributed by atoms with Crippen LogP contribution in [0.3, 0.4) is 0 Å². The van der Waals surface area contributed by atoms with Gasteiger partial charge in [0, 0.05) is 5.57 Å². The fraction of sp³-hybridized carbons (Fsp3) is 0.227. The van der Waals surface area contributed by atoms with Crippen molar-refractivity contribution in [3.8, 4) is 0 Å². The SMILES string of the molecule is CC(C)=CC(C(=O)OC(O)(O)C(C)O)=C(c1ccccc1)c1ccccc1. The van der Waals surface area contributed by atoms with Gasteiger partial charge in [-0.25, -0.2) is 4.79 Å². The number of ether oxygens (including phenoxy) is 1. The lowest BCUT2D eigenvalue weighted by Gasteiger charge is -2.25. The molecule has 0 radical (unpaired) electrons. The largest absolute Gasteiger partial charge is 0.402 e. The molecule has 0 saturated heterocycles. The molecule has 0 aliphatic carbocycles. The second-order valence-corrected chi connectivity index (χ2v) is 6.47. The zero-order chi connectivity index (χ0) is 20.0. The molecule has 0 aliphatic heterocycles. The van der Waals surface area contributed by atoms with Crippen LogP contribution in [-0.4, -0.2) is 33.4 Å². The van der Waals surface area contributed by atoms with Gasteiger partial charge in [-0.2, -0.15) is 0 Å². The Morgan fingerprint density at radius 3 is 1.78 bits per heavy atom. The Morgan fingerprint density at radius 1 is 0.963 bits per heavy atom. The van der Waals surface area contributed by atoms with E-state index in [0.29, 0.717) is 5.57 Å². The molecule has 1 unspecified atom stereocenters. The van der Waals surface area contributed by atoms with E-state index in [1.165, 1.54) is 0 Å². The van der Waals surface area contributed by atoms with Crippen molar-refractivity contribution in [1.29, 1.82) is 0 Å². The Hall–Kier alpha value is -2.73. The first-order chi connectivity index (χ1) is 12.7. The van der Waals surface area contributed by atoms with Gasteiger partial charge in [0.15, 0.2) is 0 Å². The van der Waals surface area contributed by atoms with E-state index >= 15 is 0 Å². The highest BCUT2D eigenvalue weighted by Crippen LogP contribution is 2.29. The van der Waals surface area contributed by atoms with Crippen molar-refractivity contribution in [3.05, 3.63) is 89.0 Å². The predicted octanol–water partition coefficient (Wildman–Crippen LogP) is 3.02. The molecule has 2 aromatic rings. The van der Waals surface area contributed by atoms with Crippen molar-refractivity contribution in [2.45, 2.75) is 32.8 Å². The molecule has 0 aliphatic rings. The molecule has 0 heterocycles. The van der Waals surface area contributed by atoms with Gasteiger partial charge >= 0.3 is 11.9 Å². The lowest BCUT2D eigenvalue weighted by molar-refractivity contribution is -0.353. The molecule has 2 aromatic carbocycles. The first kappa shape index (κ1) is 20.6. The van der Waals surface area contributed by atoms with Crippen LogP contribution in [0.4, 0.5) is 0 Å². The van der Waals surface area contributed by atoms with Crippen LogP contribution in [-0.2, 0) is 9.53 Å². The first-order valence-electron chi connectivity index (χ1n) is 8.58. The summed E-state index contributed by atoms with van der Waals surface area (Å²) in [4.78, 5) is 12.8. The van der Waals surface area contributed by atoms with E-state index in [0.717, 1.165) is 23.6 Å². The summed E-state index contributed by atoms with van der Waals surface area (Å²) in [7, 11) is 0. The van der Waals surface area contributed by atoms with Crippen LogP contribution in [0.25, 0.3) is 5.57 Å². The van der Waals surface area contributed by atoms with Gasteiger partial charge in [0.1, 0.15) is 6.10 Å². The molecule has 27 heavy (non-hydrogen) atoms. The Morgan fingerprint density at radius 2 is 1.41 bits per heavy atom. The summed E-state index contributed by atoms with van der Waals surface area (Å²) in [6.45, 7) is 4.76. The van der Waals surface area contributed by atoms with Crippen molar-refractivity contribution in [1.82, 2.24) is 0 Å². The van der Waals surface area contributed by atoms with E-state index in [1.807, 2.05) is 74.5 Å². The summed E-state index contributed by atoms with van der Waals surface area (Å²) < 4.78 is 4.81. The van der Waals surface area contributed by atoms with Crippen LogP contribution in [0.2, 0.25) is 0 Å². The van der Waals surface area contributed by atoms with Crippen molar-refractivity contribution in [2.24, 2.45) is 0 Å². The quantitative estimate of drug-likeness (QED) is 0.316. The van der Waals surface area contributed by atoms with Crippen LogP contribution >= 0.6 is 0 Å². The summed E-state index contributed by atoms with van der Waals surface area (Å²) in [6.07, 6.45) is -0.0539. The van der Waals surface area contributed by atoms with Crippen molar-refractivity contribution >= 4 is 11.5 Å². The number of carbonyl (C=O) groups is 1. The number of hydrogen-bond donors (Lipinski definition) is 3. The monoisotopic (exact) mass is 368 g/mol. The zero-order valence-electron chi connectivity index (χ0n) is 15.6. The number of rotatable bonds is 6. The van der Waals surface area contributed by atoms with E-state index in [2.05, 4.69) is 0 Å². The third-order valence-corrected chi connectivity index (χ3v) is 3.83. The van der Waals surface area contributed by atoms with E-state index in [9.17, 15) is 20.1 Å². The molecular formula is C22H24O5. The minimum absolute atomic E-state index is 0.153. The number of allylic oxidation sites excluding steroid dienone is 1. The summed E-state index contributed by atoms with van der Waals surface area (Å²) in [5.74, 6) is -3.94. The average Bonchev–Trinajstić information content (AvgIpc) is 2.62. The van der Waals surface area contributed by atoms with Gasteiger partial charge in [0.25, 0.3) is 0 Å². The topological polar surface area (TPSA) is 87.0 Å². The Balaban J connectivity index is 2.70. The Bertz CT molecular complexity index is 788. The smallest absolute Gasteiger partial charge is 0.351 e. The molecule has 0 bridgehead atoms. The second kappa shape index (κ2) is 8.77. The maximum Gasteiger partial charge on any atom is 0.351 e. The normalized spacial score (nSPS) is 12.1. The number of esters is 1. The molecule has 1 atom stereocenters. The Labute approximate surface area is 158 Å². The molecule has 0 fully saturated rings. The van der Waals surface area contributed by atoms with E-state index in [-0.39, 0.29) is 5.57 Å². The van der Waals surface area contributed by atoms with Gasteiger partial charge in [-0.15, -0.1) is 0 Å². The first-order valence-corrected chi connectivity index (χ1v) is 8.58. The average molecular weight is 368 g/mol. The number of aliphatic hydroxyl groups excluding tert-OH is 1. The summed E-state index contributed by atoms with van der Waals surface area (Å²) in [6, 6.07) is 18.6. The number of hydrogen-bond acceptors (Lipinski definition) is 5. The molecule has 5 heteroatoms. The second-order valence-electron chi connectivity index (χ2n) is 6.47. The van der Waals surface area contributed by atoms with E-state index < -0.39 is 18.0 Å². The van der Waals surface area contributed by atoms with Gasteiger partial charge in [0.05, 0.1) is 5.57 Å². The van der Waals surface area contributed by atoms with Crippen molar-refractivity contribution in [2.75, 3.05) is 0 Å². The van der Waals surface area contributed by atoms with E-state index in [4.69, 9.17) is 4.74 Å². The summed E-state index contributed by atoms with van der Waals surface area (Å²) in [5.41, 5.74) is 3.10. The summed E-state index contributed by atoms with van der Waals surface area (Å²) in [5, 5.41) is 29.0. The predicted molar refractivity (Wildman–Crippen MR) is 103 cm³/mol. The highest BCUT2D eigenvalue weighted by Gasteiger charge is 2.36. The third-order valence-electron chi connectivity index (χ3n) is 3.83. The fourth-order valence-corrected chi connectivity index (χ4v) is 2.49. The molecule has 3 N–H and O–H groups in total. The lowest BCUT2D eigenvalue weighted by atomic mass is 9.92. The zero-order valence-corrected chi connectivity index (χ0v) is 15.6. The number of aliphatic hydroxyl groups is 3. The van der Waals surface area contributed by atoms with Gasteiger partial charge in [-0.3, -0.25) is 0 Å². The standard InChI is InChI=1S/C22H24O5/c1-15(2)14-19(21(24)27-22(25,26)16(3)23)20(17-10-6-4-7-11-17)18-12-8-5-9-13-18/h4-14,16,23,25-26H,1-3H3. The van der Waals surface area contributed by atoms with Crippen LogP contribution < -0.4 is 0 Å². The van der Waals surface area contributed by atoms with Crippen molar-refractivity contribution < 1.29 is 24.9 Å². The highest BCUT2D eigenvalue weighted by molar-refractivity contribution is 6.04. The van der Waals surface area contributed by atoms with Crippen LogP contribution in [0.1, 0.15) is 31.9 Å². The van der Waals surface area contributed by atoms with Crippen LogP contribution in [0.15, 0.2) is 77.9 Å². The third kappa shape index (κ3) is 5.37. The lowest BCUT2D eigenvalue weighted by Crippen LogP contribution is -2.45. The van der Waals surface area contributed by atoms with Crippen molar-refractivity contribution in [3.63, 3.8) is 0 Å². The summed E-state index contributed by atoms with van der Waals surface area (Å²) >= 11 is 0. The van der Waals surface area contributed by atoms with Crippen LogP contribution in [0, 0.1) is 0 Å². The van der Waals surface area contributed by atoms with Gasteiger partial charge in [-0.05, 0) is 38.0 Å². The molecule has 0 saturated carbocycles. The van der Waals surface area contributed by atoms with Gasteiger partial charge in [-0.1, -0.05) is 66.2 Å². The molecule has 5 nitrogen and oxygen atoms in total. The van der Waals surface area contributed by atoms with Crippen LogP contribution in [0.5, 0.6) is 0 Å². The Kier molecular flexibility index (Phi) is 6.69. The minimum Gasteiger partial charge on any atom is -0.402 e. The molecular weight excluding hydrogens is 344 g/mol. The molecule has 0 amide bonds. The van der Waals surface area contributed by atoms with E-state index in [1.54, 1.807) is 6.08 Å². The molecule has 0 aromatic heterocycles.